The van der Waals surface area contributed by atoms with Crippen LogP contribution in [0.25, 0.3) is 0 Å². The van der Waals surface area contributed by atoms with Crippen molar-refractivity contribution in [3.8, 4) is 0 Å². The Kier molecular flexibility index (Phi) is 4.66. The maximum Gasteiger partial charge on any atom is 0.317 e. The highest BCUT2D eigenvalue weighted by atomic mass is 16.3. The summed E-state index contributed by atoms with van der Waals surface area (Å²) in [7, 11) is 0. The predicted octanol–water partition coefficient (Wildman–Crippen LogP) is 1.88. The molecule has 1 heterocycles. The molecular formula is C13H24N2O2. The van der Waals surface area contributed by atoms with Crippen LogP contribution >= 0.6 is 0 Å². The standard InChI is InChI=1S/C13H24N2O2/c16-12-8-4-3-7-11(12)14-13(17)15-9-5-1-2-6-10-15/h11-12,16H,1-10H2,(H,14,17). The molecule has 0 aromatic carbocycles. The van der Waals surface area contributed by atoms with E-state index in [0.717, 1.165) is 51.6 Å². The van der Waals surface area contributed by atoms with Gasteiger partial charge in [0.15, 0.2) is 0 Å². The van der Waals surface area contributed by atoms with Gasteiger partial charge in [-0.05, 0) is 25.7 Å². The fraction of sp³-hybridized carbons (Fsp3) is 0.923. The molecule has 17 heavy (non-hydrogen) atoms. The highest BCUT2D eigenvalue weighted by molar-refractivity contribution is 5.74. The summed E-state index contributed by atoms with van der Waals surface area (Å²) in [5, 5.41) is 12.8. The van der Waals surface area contributed by atoms with Gasteiger partial charge in [0.25, 0.3) is 0 Å². The number of hydrogen-bond acceptors (Lipinski definition) is 2. The zero-order valence-corrected chi connectivity index (χ0v) is 10.5. The predicted molar refractivity (Wildman–Crippen MR) is 66.8 cm³/mol. The number of carbonyl (C=O) groups is 1. The van der Waals surface area contributed by atoms with Crippen LogP contribution in [0.3, 0.4) is 0 Å². The Morgan fingerprint density at radius 2 is 1.65 bits per heavy atom. The number of rotatable bonds is 1. The van der Waals surface area contributed by atoms with E-state index in [1.165, 1.54) is 12.8 Å². The number of urea groups is 1. The number of likely N-dealkylation sites (tertiary alicyclic amines) is 1. The molecule has 0 aromatic heterocycles. The smallest absolute Gasteiger partial charge is 0.317 e. The molecular weight excluding hydrogens is 216 g/mol. The largest absolute Gasteiger partial charge is 0.391 e. The number of hydrogen-bond donors (Lipinski definition) is 2. The summed E-state index contributed by atoms with van der Waals surface area (Å²) in [6.07, 6.45) is 8.28. The molecule has 2 amide bonds. The molecule has 1 aliphatic heterocycles. The highest BCUT2D eigenvalue weighted by Gasteiger charge is 2.26. The van der Waals surface area contributed by atoms with Crippen molar-refractivity contribution in [3.05, 3.63) is 0 Å². The monoisotopic (exact) mass is 240 g/mol. The Labute approximate surface area is 103 Å². The van der Waals surface area contributed by atoms with E-state index < -0.39 is 0 Å². The Hall–Kier alpha value is -0.770. The Bertz CT molecular complexity index is 250. The van der Waals surface area contributed by atoms with E-state index in [0.29, 0.717) is 0 Å². The third kappa shape index (κ3) is 3.60. The van der Waals surface area contributed by atoms with Crippen LogP contribution in [0.1, 0.15) is 51.4 Å². The number of nitrogens with one attached hydrogen (secondary N) is 1. The Balaban J connectivity index is 1.82. The van der Waals surface area contributed by atoms with Gasteiger partial charge in [-0.15, -0.1) is 0 Å². The normalized spacial score (nSPS) is 30.8. The quantitative estimate of drug-likeness (QED) is 0.735. The van der Waals surface area contributed by atoms with Gasteiger partial charge < -0.3 is 15.3 Å². The van der Waals surface area contributed by atoms with Gasteiger partial charge in [-0.2, -0.15) is 0 Å². The van der Waals surface area contributed by atoms with Crippen molar-refractivity contribution in [2.75, 3.05) is 13.1 Å². The first-order valence-corrected chi connectivity index (χ1v) is 7.01. The fourth-order valence-electron chi connectivity index (χ4n) is 2.80. The van der Waals surface area contributed by atoms with Crippen molar-refractivity contribution in [2.45, 2.75) is 63.5 Å². The van der Waals surface area contributed by atoms with Crippen LogP contribution in [0.2, 0.25) is 0 Å². The van der Waals surface area contributed by atoms with Crippen LogP contribution in [-0.2, 0) is 0 Å². The summed E-state index contributed by atoms with van der Waals surface area (Å²) in [5.74, 6) is 0. The van der Waals surface area contributed by atoms with Gasteiger partial charge in [-0.25, -0.2) is 4.79 Å². The highest BCUT2D eigenvalue weighted by Crippen LogP contribution is 2.19. The number of nitrogens with zero attached hydrogens (tertiary/aromatic N) is 1. The molecule has 0 aromatic rings. The van der Waals surface area contributed by atoms with E-state index in [2.05, 4.69) is 5.32 Å². The van der Waals surface area contributed by atoms with Crippen molar-refractivity contribution >= 4 is 6.03 Å². The van der Waals surface area contributed by atoms with Gasteiger partial charge in [-0.1, -0.05) is 25.7 Å². The molecule has 0 spiro atoms. The lowest BCUT2D eigenvalue weighted by Crippen LogP contribution is -2.50. The van der Waals surface area contributed by atoms with Crippen molar-refractivity contribution in [3.63, 3.8) is 0 Å². The number of aliphatic hydroxyl groups excluding tert-OH is 1. The molecule has 4 nitrogen and oxygen atoms in total. The summed E-state index contributed by atoms with van der Waals surface area (Å²) in [6.45, 7) is 1.74. The van der Waals surface area contributed by atoms with Crippen LogP contribution in [0.15, 0.2) is 0 Å². The van der Waals surface area contributed by atoms with Gasteiger partial charge in [0.1, 0.15) is 0 Å². The van der Waals surface area contributed by atoms with Crippen LogP contribution in [-0.4, -0.2) is 41.3 Å². The van der Waals surface area contributed by atoms with E-state index in [9.17, 15) is 9.90 Å². The molecule has 2 fully saturated rings. The number of aliphatic hydroxyl groups is 1. The van der Waals surface area contributed by atoms with E-state index in [1.54, 1.807) is 0 Å². The van der Waals surface area contributed by atoms with Crippen molar-refractivity contribution in [1.82, 2.24) is 10.2 Å². The molecule has 2 N–H and O–H groups in total. The van der Waals surface area contributed by atoms with E-state index in [1.807, 2.05) is 4.90 Å². The summed E-state index contributed by atoms with van der Waals surface area (Å²) in [6, 6.07) is -0.00245. The number of carbonyl (C=O) groups excluding carboxylic acids is 1. The average Bonchev–Trinajstić information content (AvgIpc) is 2.61. The maximum absolute atomic E-state index is 12.1. The number of amides is 2. The van der Waals surface area contributed by atoms with Crippen LogP contribution in [0.4, 0.5) is 4.79 Å². The molecule has 2 unspecified atom stereocenters. The molecule has 2 aliphatic rings. The molecule has 0 radical (unpaired) electrons. The van der Waals surface area contributed by atoms with E-state index >= 15 is 0 Å². The first kappa shape index (κ1) is 12.7. The summed E-state index contributed by atoms with van der Waals surface area (Å²) in [4.78, 5) is 14.0. The first-order valence-electron chi connectivity index (χ1n) is 7.01. The van der Waals surface area contributed by atoms with Crippen LogP contribution < -0.4 is 5.32 Å². The lowest BCUT2D eigenvalue weighted by molar-refractivity contribution is 0.0900. The van der Waals surface area contributed by atoms with Crippen LogP contribution in [0.5, 0.6) is 0 Å². The maximum atomic E-state index is 12.1. The second-order valence-electron chi connectivity index (χ2n) is 5.31. The zero-order valence-electron chi connectivity index (χ0n) is 10.5. The second-order valence-corrected chi connectivity index (χ2v) is 5.31. The minimum Gasteiger partial charge on any atom is -0.391 e. The van der Waals surface area contributed by atoms with E-state index in [-0.39, 0.29) is 18.2 Å². The minimum absolute atomic E-state index is 0.0258. The Morgan fingerprint density at radius 1 is 1.00 bits per heavy atom. The SMILES string of the molecule is O=C(NC1CCCCC1O)N1CCCCCC1. The molecule has 1 saturated heterocycles. The Morgan fingerprint density at radius 3 is 2.29 bits per heavy atom. The molecule has 2 atom stereocenters. The lowest BCUT2D eigenvalue weighted by atomic mass is 9.93. The fourth-order valence-corrected chi connectivity index (χ4v) is 2.80. The van der Waals surface area contributed by atoms with E-state index in [4.69, 9.17) is 0 Å². The lowest BCUT2D eigenvalue weighted by Gasteiger charge is -2.31. The second kappa shape index (κ2) is 6.24. The molecule has 0 bridgehead atoms. The van der Waals surface area contributed by atoms with Crippen LogP contribution in [0, 0.1) is 0 Å². The topological polar surface area (TPSA) is 52.6 Å². The van der Waals surface area contributed by atoms with Gasteiger partial charge in [-0.3, -0.25) is 0 Å². The van der Waals surface area contributed by atoms with Crippen molar-refractivity contribution in [2.24, 2.45) is 0 Å². The molecule has 98 valence electrons. The van der Waals surface area contributed by atoms with Gasteiger partial charge in [0.05, 0.1) is 12.1 Å². The minimum atomic E-state index is -0.348. The molecule has 2 rings (SSSR count). The third-order valence-corrected chi connectivity index (χ3v) is 3.93. The van der Waals surface area contributed by atoms with Gasteiger partial charge >= 0.3 is 6.03 Å². The van der Waals surface area contributed by atoms with Crippen molar-refractivity contribution < 1.29 is 9.90 Å². The summed E-state index contributed by atoms with van der Waals surface area (Å²) in [5.41, 5.74) is 0. The third-order valence-electron chi connectivity index (χ3n) is 3.93. The van der Waals surface area contributed by atoms with Gasteiger partial charge in [0.2, 0.25) is 0 Å². The molecule has 1 saturated carbocycles. The van der Waals surface area contributed by atoms with Gasteiger partial charge in [0, 0.05) is 13.1 Å². The molecule has 4 heteroatoms. The summed E-state index contributed by atoms with van der Waals surface area (Å²) >= 11 is 0. The molecule has 1 aliphatic carbocycles. The first-order chi connectivity index (χ1) is 8.27. The average molecular weight is 240 g/mol. The zero-order chi connectivity index (χ0) is 12.1. The summed E-state index contributed by atoms with van der Waals surface area (Å²) < 4.78 is 0. The van der Waals surface area contributed by atoms with Crippen molar-refractivity contribution in [1.29, 1.82) is 0 Å².